The molecule has 9 heteroatoms. The van der Waals surface area contributed by atoms with E-state index < -0.39 is 5.91 Å². The fraction of sp³-hybridized carbons (Fsp3) is 0.625. The molecule has 0 radical (unpaired) electrons. The molecule has 0 unspecified atom stereocenters. The Labute approximate surface area is 151 Å². The molecule has 25 heavy (non-hydrogen) atoms. The molecule has 0 saturated heterocycles. The summed E-state index contributed by atoms with van der Waals surface area (Å²) in [7, 11) is 0. The van der Waals surface area contributed by atoms with Gasteiger partial charge in [-0.1, -0.05) is 13.8 Å². The van der Waals surface area contributed by atoms with Crippen LogP contribution in [0.25, 0.3) is 0 Å². The number of hydrogen-bond acceptors (Lipinski definition) is 7. The van der Waals surface area contributed by atoms with Crippen LogP contribution in [-0.4, -0.2) is 53.9 Å². The highest BCUT2D eigenvalue weighted by molar-refractivity contribution is 7.09. The maximum atomic E-state index is 12.0. The Kier molecular flexibility index (Phi) is 9.07. The van der Waals surface area contributed by atoms with Gasteiger partial charge in [-0.2, -0.15) is 0 Å². The Morgan fingerprint density at radius 2 is 1.92 bits per heavy atom. The van der Waals surface area contributed by atoms with Gasteiger partial charge in [-0.15, -0.1) is 11.3 Å². The molecule has 0 spiro atoms. The number of thiazole rings is 1. The molecule has 0 aliphatic rings. The van der Waals surface area contributed by atoms with Crippen LogP contribution in [0.2, 0.25) is 0 Å². The third-order valence-electron chi connectivity index (χ3n) is 2.97. The molecule has 0 aliphatic carbocycles. The van der Waals surface area contributed by atoms with Crippen molar-refractivity contribution in [3.63, 3.8) is 0 Å². The van der Waals surface area contributed by atoms with Crippen molar-refractivity contribution in [3.8, 4) is 0 Å². The summed E-state index contributed by atoms with van der Waals surface area (Å²) in [6.45, 7) is 8.47. The Balaban J connectivity index is 2.42. The largest absolute Gasteiger partial charge is 0.465 e. The summed E-state index contributed by atoms with van der Waals surface area (Å²) in [5.41, 5.74) is 5.59. The maximum absolute atomic E-state index is 12.0. The Hall–Kier alpha value is -2.00. The van der Waals surface area contributed by atoms with Crippen molar-refractivity contribution in [1.82, 2.24) is 20.7 Å². The van der Waals surface area contributed by atoms with Crippen LogP contribution in [0.3, 0.4) is 0 Å². The van der Waals surface area contributed by atoms with Crippen LogP contribution in [0.4, 0.5) is 0 Å². The van der Waals surface area contributed by atoms with E-state index in [9.17, 15) is 14.4 Å². The first-order chi connectivity index (χ1) is 11.8. The summed E-state index contributed by atoms with van der Waals surface area (Å²) in [4.78, 5) is 41.3. The third-order valence-corrected chi connectivity index (χ3v) is 3.93. The van der Waals surface area contributed by atoms with E-state index in [2.05, 4.69) is 15.8 Å². The zero-order chi connectivity index (χ0) is 18.8. The van der Waals surface area contributed by atoms with E-state index in [0.29, 0.717) is 18.2 Å². The van der Waals surface area contributed by atoms with Gasteiger partial charge in [0.1, 0.15) is 5.01 Å². The molecule has 0 saturated carbocycles. The molecule has 2 amide bonds. The lowest BCUT2D eigenvalue weighted by Gasteiger charge is -2.22. The number of carbonyl (C=O) groups is 3. The minimum absolute atomic E-state index is 0.00632. The van der Waals surface area contributed by atoms with Gasteiger partial charge in [0, 0.05) is 17.6 Å². The summed E-state index contributed by atoms with van der Waals surface area (Å²) in [5.74, 6) is -0.832. The van der Waals surface area contributed by atoms with Crippen molar-refractivity contribution in [2.24, 2.45) is 5.92 Å². The van der Waals surface area contributed by atoms with E-state index in [1.807, 2.05) is 26.2 Å². The number of aryl methyl sites for hydroxylation is 1. The molecule has 8 nitrogen and oxygen atoms in total. The fourth-order valence-corrected chi connectivity index (χ4v) is 2.91. The van der Waals surface area contributed by atoms with Crippen LogP contribution in [0, 0.1) is 12.8 Å². The zero-order valence-corrected chi connectivity index (χ0v) is 15.9. The maximum Gasteiger partial charge on any atom is 0.320 e. The monoisotopic (exact) mass is 370 g/mol. The molecule has 0 aliphatic heterocycles. The molecule has 0 fully saturated rings. The molecule has 1 aromatic heterocycles. The second-order valence-electron chi connectivity index (χ2n) is 6.02. The number of esters is 1. The molecule has 140 valence electrons. The number of nitrogens with zero attached hydrogens (tertiary/aromatic N) is 2. The standard InChI is InChI=1S/C16H26N4O4S/c1-5-24-16(23)9-20(7-11(2)3)8-14(22)19-18-13(21)6-15-17-12(4)10-25-15/h10-11H,5-9H2,1-4H3,(H,18,21)(H,19,22). The van der Waals surface area contributed by atoms with E-state index in [-0.39, 0.29) is 37.3 Å². The van der Waals surface area contributed by atoms with Gasteiger partial charge in [0.15, 0.2) is 0 Å². The SMILES string of the molecule is CCOC(=O)CN(CC(=O)NNC(=O)Cc1nc(C)cs1)CC(C)C. The number of ether oxygens (including phenoxy) is 1. The topological polar surface area (TPSA) is 101 Å². The number of hydrazine groups is 1. The Morgan fingerprint density at radius 3 is 2.48 bits per heavy atom. The second-order valence-corrected chi connectivity index (χ2v) is 6.97. The molecule has 1 aromatic rings. The lowest BCUT2D eigenvalue weighted by molar-refractivity contribution is -0.145. The molecule has 0 bridgehead atoms. The second kappa shape index (κ2) is 10.8. The summed E-state index contributed by atoms with van der Waals surface area (Å²) in [6.07, 6.45) is 0.108. The first kappa shape index (κ1) is 21.0. The summed E-state index contributed by atoms with van der Waals surface area (Å²) < 4.78 is 4.91. The minimum atomic E-state index is -0.395. The molecular formula is C16H26N4O4S. The molecular weight excluding hydrogens is 344 g/mol. The molecule has 0 atom stereocenters. The van der Waals surface area contributed by atoms with Gasteiger partial charge in [-0.25, -0.2) is 4.98 Å². The zero-order valence-electron chi connectivity index (χ0n) is 15.1. The van der Waals surface area contributed by atoms with Crippen LogP contribution in [0.1, 0.15) is 31.5 Å². The predicted octanol–water partition coefficient (Wildman–Crippen LogP) is 0.663. The first-order valence-electron chi connectivity index (χ1n) is 8.16. The van der Waals surface area contributed by atoms with E-state index >= 15 is 0 Å². The smallest absolute Gasteiger partial charge is 0.320 e. The summed E-state index contributed by atoms with van der Waals surface area (Å²) in [5, 5.41) is 2.55. The highest BCUT2D eigenvalue weighted by Crippen LogP contribution is 2.08. The average Bonchev–Trinajstić information content (AvgIpc) is 2.89. The van der Waals surface area contributed by atoms with Crippen molar-refractivity contribution in [1.29, 1.82) is 0 Å². The lowest BCUT2D eigenvalue weighted by Crippen LogP contribution is -2.48. The molecule has 1 heterocycles. The van der Waals surface area contributed by atoms with Gasteiger partial charge < -0.3 is 4.74 Å². The Morgan fingerprint density at radius 1 is 1.24 bits per heavy atom. The van der Waals surface area contributed by atoms with Crippen molar-refractivity contribution < 1.29 is 19.1 Å². The van der Waals surface area contributed by atoms with Gasteiger partial charge in [-0.05, 0) is 19.8 Å². The van der Waals surface area contributed by atoms with Gasteiger partial charge >= 0.3 is 5.97 Å². The quantitative estimate of drug-likeness (QED) is 0.489. The van der Waals surface area contributed by atoms with Gasteiger partial charge in [0.25, 0.3) is 5.91 Å². The summed E-state index contributed by atoms with van der Waals surface area (Å²) >= 11 is 1.40. The molecule has 1 rings (SSSR count). The van der Waals surface area contributed by atoms with E-state index in [4.69, 9.17) is 4.74 Å². The number of aromatic nitrogens is 1. The number of amides is 2. The van der Waals surface area contributed by atoms with Crippen LogP contribution in [0.15, 0.2) is 5.38 Å². The van der Waals surface area contributed by atoms with Crippen LogP contribution < -0.4 is 10.9 Å². The van der Waals surface area contributed by atoms with Gasteiger partial charge in [0.2, 0.25) is 5.91 Å². The average molecular weight is 370 g/mol. The number of rotatable bonds is 9. The fourth-order valence-electron chi connectivity index (χ4n) is 2.14. The predicted molar refractivity (Wildman–Crippen MR) is 94.8 cm³/mol. The summed E-state index contributed by atoms with van der Waals surface area (Å²) in [6, 6.07) is 0. The van der Waals surface area contributed by atoms with Crippen molar-refractivity contribution in [3.05, 3.63) is 16.1 Å². The Bertz CT molecular complexity index is 588. The van der Waals surface area contributed by atoms with Gasteiger partial charge in [0.05, 0.1) is 26.1 Å². The van der Waals surface area contributed by atoms with Crippen molar-refractivity contribution in [2.45, 2.75) is 34.1 Å². The van der Waals surface area contributed by atoms with E-state index in [1.54, 1.807) is 11.8 Å². The van der Waals surface area contributed by atoms with Gasteiger partial charge in [-0.3, -0.25) is 30.1 Å². The van der Waals surface area contributed by atoms with Crippen molar-refractivity contribution >= 4 is 29.1 Å². The number of nitrogens with one attached hydrogen (secondary N) is 2. The van der Waals surface area contributed by atoms with Crippen LogP contribution in [0.5, 0.6) is 0 Å². The van der Waals surface area contributed by atoms with Crippen LogP contribution >= 0.6 is 11.3 Å². The highest BCUT2D eigenvalue weighted by atomic mass is 32.1. The van der Waals surface area contributed by atoms with Crippen molar-refractivity contribution in [2.75, 3.05) is 26.2 Å². The normalized spacial score (nSPS) is 10.8. The van der Waals surface area contributed by atoms with Crippen LogP contribution in [-0.2, 0) is 25.5 Å². The van der Waals surface area contributed by atoms with E-state index in [0.717, 1.165) is 5.69 Å². The number of carbonyl (C=O) groups excluding carboxylic acids is 3. The minimum Gasteiger partial charge on any atom is -0.465 e. The first-order valence-corrected chi connectivity index (χ1v) is 9.04. The highest BCUT2D eigenvalue weighted by Gasteiger charge is 2.17. The molecule has 2 N–H and O–H groups in total. The lowest BCUT2D eigenvalue weighted by atomic mass is 10.2. The third kappa shape index (κ3) is 9.16. The van der Waals surface area contributed by atoms with E-state index in [1.165, 1.54) is 11.3 Å². The number of hydrogen-bond donors (Lipinski definition) is 2. The molecule has 0 aromatic carbocycles.